The molecule has 0 N–H and O–H groups in total. The lowest BCUT2D eigenvalue weighted by atomic mass is 9.70. The Labute approximate surface area is 69.8 Å². The van der Waals surface area contributed by atoms with Crippen LogP contribution in [0.3, 0.4) is 0 Å². The number of piperidine rings is 1. The van der Waals surface area contributed by atoms with E-state index in [0.717, 1.165) is 12.1 Å². The topological polar surface area (TPSA) is 3.24 Å². The van der Waals surface area contributed by atoms with Crippen molar-refractivity contribution in [3.63, 3.8) is 0 Å². The third-order valence-electron chi connectivity index (χ3n) is 3.59. The standard InChI is InChI=1S/C8H13N.C2H6/c1-8-4-6-2-3-7(5-8)9(6)8;1-2/h6-7H,2-5H2,1H3;1-2H3. The Hall–Kier alpha value is -0.0400. The molecule has 0 aromatic heterocycles. The fraction of sp³-hybridized carbons (Fsp3) is 1.00. The molecule has 3 aliphatic heterocycles. The highest BCUT2D eigenvalue weighted by Gasteiger charge is 2.62. The molecule has 1 nitrogen and oxygen atoms in total. The van der Waals surface area contributed by atoms with Crippen LogP contribution >= 0.6 is 0 Å². The fourth-order valence-corrected chi connectivity index (χ4v) is 3.33. The van der Waals surface area contributed by atoms with Crippen molar-refractivity contribution in [3.05, 3.63) is 0 Å². The van der Waals surface area contributed by atoms with Crippen LogP contribution in [0, 0.1) is 0 Å². The van der Waals surface area contributed by atoms with Crippen molar-refractivity contribution in [1.29, 1.82) is 0 Å². The summed E-state index contributed by atoms with van der Waals surface area (Å²) in [6, 6.07) is 2.04. The molecule has 2 unspecified atom stereocenters. The average Bonchev–Trinajstić information content (AvgIpc) is 2.14. The Morgan fingerprint density at radius 3 is 1.82 bits per heavy atom. The van der Waals surface area contributed by atoms with Gasteiger partial charge in [0.2, 0.25) is 0 Å². The molecule has 3 fully saturated rings. The Kier molecular flexibility index (Phi) is 1.54. The van der Waals surface area contributed by atoms with Crippen molar-refractivity contribution < 1.29 is 0 Å². The Balaban J connectivity index is 0.000000224. The molecule has 2 atom stereocenters. The van der Waals surface area contributed by atoms with Gasteiger partial charge in [-0.3, -0.25) is 4.90 Å². The first-order valence-corrected chi connectivity index (χ1v) is 5.08. The first-order chi connectivity index (χ1) is 5.30. The number of hydrogen-bond acceptors (Lipinski definition) is 1. The normalized spacial score (nSPS) is 51.5. The van der Waals surface area contributed by atoms with Crippen LogP contribution in [0.4, 0.5) is 0 Å². The van der Waals surface area contributed by atoms with E-state index in [4.69, 9.17) is 0 Å². The molecule has 0 amide bonds. The van der Waals surface area contributed by atoms with E-state index in [1.54, 1.807) is 0 Å². The van der Waals surface area contributed by atoms with E-state index in [2.05, 4.69) is 11.8 Å². The van der Waals surface area contributed by atoms with Crippen molar-refractivity contribution in [2.45, 2.75) is 64.1 Å². The predicted molar refractivity (Wildman–Crippen MR) is 47.6 cm³/mol. The molecule has 0 radical (unpaired) electrons. The third kappa shape index (κ3) is 0.752. The molecule has 3 rings (SSSR count). The van der Waals surface area contributed by atoms with Crippen molar-refractivity contribution in [2.75, 3.05) is 0 Å². The van der Waals surface area contributed by atoms with E-state index in [-0.39, 0.29) is 0 Å². The van der Waals surface area contributed by atoms with E-state index < -0.39 is 0 Å². The predicted octanol–water partition coefficient (Wildman–Crippen LogP) is 2.41. The molecule has 0 bridgehead atoms. The summed E-state index contributed by atoms with van der Waals surface area (Å²) in [5.41, 5.74) is 0.700. The van der Waals surface area contributed by atoms with E-state index in [1.165, 1.54) is 25.7 Å². The molecular weight excluding hydrogens is 134 g/mol. The van der Waals surface area contributed by atoms with Gasteiger partial charge >= 0.3 is 0 Å². The smallest absolute Gasteiger partial charge is 0.0217 e. The van der Waals surface area contributed by atoms with E-state index >= 15 is 0 Å². The lowest BCUT2D eigenvalue weighted by Gasteiger charge is -2.65. The van der Waals surface area contributed by atoms with Gasteiger partial charge in [-0.2, -0.15) is 0 Å². The summed E-state index contributed by atoms with van der Waals surface area (Å²) in [5, 5.41) is 0. The third-order valence-corrected chi connectivity index (χ3v) is 3.59. The SMILES string of the molecule is CC.CC12CC3CCC(C1)N32. The highest BCUT2D eigenvalue weighted by atomic mass is 15.4. The van der Waals surface area contributed by atoms with E-state index in [0.29, 0.717) is 5.54 Å². The first-order valence-electron chi connectivity index (χ1n) is 5.08. The van der Waals surface area contributed by atoms with Crippen molar-refractivity contribution in [3.8, 4) is 0 Å². The summed E-state index contributed by atoms with van der Waals surface area (Å²) in [6.45, 7) is 6.42. The largest absolute Gasteiger partial charge is 0.292 e. The van der Waals surface area contributed by atoms with Crippen LogP contribution in [-0.2, 0) is 0 Å². The Morgan fingerprint density at radius 2 is 1.55 bits per heavy atom. The lowest BCUT2D eigenvalue weighted by Crippen LogP contribution is -2.73. The number of rotatable bonds is 0. The van der Waals surface area contributed by atoms with Gasteiger partial charge in [0.15, 0.2) is 0 Å². The molecule has 0 aromatic carbocycles. The van der Waals surface area contributed by atoms with E-state index in [9.17, 15) is 0 Å². The highest BCUT2D eigenvalue weighted by molar-refractivity contribution is 5.18. The van der Waals surface area contributed by atoms with Gasteiger partial charge < -0.3 is 0 Å². The van der Waals surface area contributed by atoms with Crippen molar-refractivity contribution in [2.24, 2.45) is 0 Å². The molecule has 3 aliphatic rings. The number of nitrogens with zero attached hydrogens (tertiary/aromatic N) is 1. The minimum atomic E-state index is 0.700. The zero-order valence-corrected chi connectivity index (χ0v) is 7.93. The summed E-state index contributed by atoms with van der Waals surface area (Å²) in [4.78, 5) is 2.74. The summed E-state index contributed by atoms with van der Waals surface area (Å²) in [5.74, 6) is 0. The van der Waals surface area contributed by atoms with Gasteiger partial charge in [0.25, 0.3) is 0 Å². The second-order valence-corrected chi connectivity index (χ2v) is 4.20. The highest BCUT2D eigenvalue weighted by Crippen LogP contribution is 2.57. The molecule has 0 aliphatic carbocycles. The summed E-state index contributed by atoms with van der Waals surface area (Å²) in [7, 11) is 0. The molecule has 3 heterocycles. The quantitative estimate of drug-likeness (QED) is 0.516. The minimum Gasteiger partial charge on any atom is -0.292 e. The Bertz CT molecular complexity index is 150. The second kappa shape index (κ2) is 2.22. The molecule has 0 spiro atoms. The average molecular weight is 153 g/mol. The van der Waals surface area contributed by atoms with Gasteiger partial charge in [0.05, 0.1) is 0 Å². The van der Waals surface area contributed by atoms with Gasteiger partial charge in [-0.05, 0) is 32.6 Å². The van der Waals surface area contributed by atoms with Crippen LogP contribution in [0.1, 0.15) is 46.5 Å². The van der Waals surface area contributed by atoms with Crippen LogP contribution in [-0.4, -0.2) is 22.5 Å². The van der Waals surface area contributed by atoms with Crippen LogP contribution < -0.4 is 0 Å². The summed E-state index contributed by atoms with van der Waals surface area (Å²) >= 11 is 0. The number of hydrogen-bond donors (Lipinski definition) is 0. The van der Waals surface area contributed by atoms with Gasteiger partial charge in [-0.25, -0.2) is 0 Å². The van der Waals surface area contributed by atoms with Crippen molar-refractivity contribution >= 4 is 0 Å². The zero-order chi connectivity index (χ0) is 8.06. The van der Waals surface area contributed by atoms with Gasteiger partial charge in [-0.15, -0.1) is 0 Å². The van der Waals surface area contributed by atoms with Crippen LogP contribution in [0.25, 0.3) is 0 Å². The summed E-state index contributed by atoms with van der Waals surface area (Å²) < 4.78 is 0. The molecule has 3 saturated heterocycles. The maximum absolute atomic E-state index is 2.74. The van der Waals surface area contributed by atoms with Gasteiger partial charge in [0.1, 0.15) is 0 Å². The van der Waals surface area contributed by atoms with Gasteiger partial charge in [0, 0.05) is 17.6 Å². The molecule has 0 saturated carbocycles. The fourth-order valence-electron chi connectivity index (χ4n) is 3.33. The zero-order valence-electron chi connectivity index (χ0n) is 7.93. The maximum Gasteiger partial charge on any atom is 0.0217 e. The lowest BCUT2D eigenvalue weighted by molar-refractivity contribution is -0.152. The van der Waals surface area contributed by atoms with Crippen LogP contribution in [0.15, 0.2) is 0 Å². The van der Waals surface area contributed by atoms with Crippen molar-refractivity contribution in [1.82, 2.24) is 4.90 Å². The van der Waals surface area contributed by atoms with Gasteiger partial charge in [-0.1, -0.05) is 13.8 Å². The molecule has 11 heavy (non-hydrogen) atoms. The molecule has 64 valence electrons. The van der Waals surface area contributed by atoms with E-state index in [1.807, 2.05) is 13.8 Å². The molecule has 0 aromatic rings. The first kappa shape index (κ1) is 7.60. The van der Waals surface area contributed by atoms with Crippen LogP contribution in [0.2, 0.25) is 0 Å². The second-order valence-electron chi connectivity index (χ2n) is 4.20. The maximum atomic E-state index is 2.74. The Morgan fingerprint density at radius 1 is 1.09 bits per heavy atom. The molecular formula is C10H19N. The monoisotopic (exact) mass is 153 g/mol. The van der Waals surface area contributed by atoms with Crippen LogP contribution in [0.5, 0.6) is 0 Å². The summed E-state index contributed by atoms with van der Waals surface area (Å²) in [6.07, 6.45) is 6.01. The minimum absolute atomic E-state index is 0.700. The molecule has 1 heteroatoms.